The number of nitrogens with zero attached hydrogens (tertiary/aromatic N) is 5. The molecule has 7 nitrogen and oxygen atoms in total. The molecule has 0 fully saturated rings. The Morgan fingerprint density at radius 1 is 1.35 bits per heavy atom. The predicted octanol–water partition coefficient (Wildman–Crippen LogP) is -0.0553. The molecule has 1 N–H and O–H groups in total. The fourth-order valence-electron chi connectivity index (χ4n) is 1.50. The summed E-state index contributed by atoms with van der Waals surface area (Å²) < 4.78 is 3.09. The smallest absolute Gasteiger partial charge is 0.269 e. The van der Waals surface area contributed by atoms with E-state index in [9.17, 15) is 4.79 Å². The zero-order chi connectivity index (χ0) is 12.3. The van der Waals surface area contributed by atoms with E-state index in [0.717, 1.165) is 12.4 Å². The van der Waals surface area contributed by atoms with Gasteiger partial charge in [-0.25, -0.2) is 14.3 Å². The van der Waals surface area contributed by atoms with Crippen LogP contribution in [0.1, 0.15) is 12.7 Å². The molecule has 0 aliphatic rings. The van der Waals surface area contributed by atoms with Gasteiger partial charge in [0.05, 0.1) is 11.9 Å². The van der Waals surface area contributed by atoms with E-state index in [4.69, 9.17) is 0 Å². The van der Waals surface area contributed by atoms with Gasteiger partial charge in [-0.1, -0.05) is 0 Å². The van der Waals surface area contributed by atoms with E-state index >= 15 is 0 Å². The lowest BCUT2D eigenvalue weighted by molar-refractivity contribution is 0.551. The third kappa shape index (κ3) is 2.32. The minimum atomic E-state index is -0.164. The molecule has 0 saturated heterocycles. The van der Waals surface area contributed by atoms with Gasteiger partial charge in [0, 0.05) is 19.7 Å². The van der Waals surface area contributed by atoms with E-state index < -0.39 is 0 Å². The highest BCUT2D eigenvalue weighted by molar-refractivity contribution is 5.37. The zero-order valence-electron chi connectivity index (χ0n) is 9.79. The first kappa shape index (κ1) is 11.3. The van der Waals surface area contributed by atoms with Gasteiger partial charge in [-0.05, 0) is 6.92 Å². The molecule has 0 atom stereocenters. The molecule has 0 aromatic carbocycles. The average molecular weight is 234 g/mol. The molecular weight excluding hydrogens is 220 g/mol. The summed E-state index contributed by atoms with van der Waals surface area (Å²) in [5.41, 5.74) is 0.533. The summed E-state index contributed by atoms with van der Waals surface area (Å²) in [5.74, 6) is 0.722. The quantitative estimate of drug-likeness (QED) is 0.802. The van der Waals surface area contributed by atoms with Gasteiger partial charge in [-0.2, -0.15) is 10.2 Å². The molecule has 0 unspecified atom stereocenters. The molecule has 0 aliphatic carbocycles. The molecule has 0 saturated carbocycles. The van der Waals surface area contributed by atoms with Gasteiger partial charge in [-0.15, -0.1) is 0 Å². The Labute approximate surface area is 98.1 Å². The minimum Gasteiger partial charge on any atom is -0.387 e. The van der Waals surface area contributed by atoms with Crippen molar-refractivity contribution in [3.8, 4) is 0 Å². The van der Waals surface area contributed by atoms with Crippen LogP contribution in [0.3, 0.4) is 0 Å². The summed E-state index contributed by atoms with van der Waals surface area (Å²) in [6, 6.07) is 1.50. The standard InChI is InChI=1S/C10H14N6O/c1-3-15-9(12-7-14-15)6-16-10(17)4-8(11-2)5-13-16/h4-5,7,11H,3,6H2,1-2H3. The Morgan fingerprint density at radius 2 is 2.18 bits per heavy atom. The third-order valence-corrected chi connectivity index (χ3v) is 2.44. The molecule has 17 heavy (non-hydrogen) atoms. The van der Waals surface area contributed by atoms with Crippen LogP contribution in [0, 0.1) is 0 Å². The van der Waals surface area contributed by atoms with E-state index in [0.29, 0.717) is 12.2 Å². The van der Waals surface area contributed by atoms with Gasteiger partial charge in [0.15, 0.2) is 0 Å². The molecular formula is C10H14N6O. The number of aryl methyl sites for hydroxylation is 1. The first-order valence-electron chi connectivity index (χ1n) is 5.36. The second-order valence-corrected chi connectivity index (χ2v) is 3.48. The van der Waals surface area contributed by atoms with Crippen LogP contribution < -0.4 is 10.9 Å². The maximum Gasteiger partial charge on any atom is 0.269 e. The Hall–Kier alpha value is -2.18. The summed E-state index contributed by atoms with van der Waals surface area (Å²) in [6.07, 6.45) is 3.08. The highest BCUT2D eigenvalue weighted by atomic mass is 16.1. The summed E-state index contributed by atoms with van der Waals surface area (Å²) >= 11 is 0. The fraction of sp³-hybridized carbons (Fsp3) is 0.400. The topological polar surface area (TPSA) is 77.6 Å². The summed E-state index contributed by atoms with van der Waals surface area (Å²) in [4.78, 5) is 15.8. The van der Waals surface area contributed by atoms with E-state index in [1.807, 2.05) is 6.92 Å². The van der Waals surface area contributed by atoms with Crippen LogP contribution >= 0.6 is 0 Å². The molecule has 2 rings (SSSR count). The van der Waals surface area contributed by atoms with Crippen molar-refractivity contribution in [1.82, 2.24) is 24.5 Å². The Balaban J connectivity index is 2.27. The van der Waals surface area contributed by atoms with Crippen molar-refractivity contribution >= 4 is 5.69 Å². The van der Waals surface area contributed by atoms with E-state index in [2.05, 4.69) is 20.5 Å². The summed E-state index contributed by atoms with van der Waals surface area (Å²) in [6.45, 7) is 3.02. The molecule has 0 radical (unpaired) electrons. The number of rotatable bonds is 4. The summed E-state index contributed by atoms with van der Waals surface area (Å²) in [5, 5.41) is 11.0. The Morgan fingerprint density at radius 3 is 2.82 bits per heavy atom. The largest absolute Gasteiger partial charge is 0.387 e. The first-order chi connectivity index (χ1) is 8.24. The SMILES string of the molecule is CCn1ncnc1Cn1ncc(NC)cc1=O. The number of anilines is 1. The van der Waals surface area contributed by atoms with Gasteiger partial charge in [0.1, 0.15) is 18.7 Å². The zero-order valence-corrected chi connectivity index (χ0v) is 9.79. The maximum absolute atomic E-state index is 11.7. The normalized spacial score (nSPS) is 10.5. The van der Waals surface area contributed by atoms with Crippen molar-refractivity contribution in [1.29, 1.82) is 0 Å². The van der Waals surface area contributed by atoms with Crippen molar-refractivity contribution in [2.45, 2.75) is 20.0 Å². The van der Waals surface area contributed by atoms with Gasteiger partial charge < -0.3 is 5.32 Å². The van der Waals surface area contributed by atoms with E-state index in [1.54, 1.807) is 17.9 Å². The highest BCUT2D eigenvalue weighted by Crippen LogP contribution is 1.99. The predicted molar refractivity (Wildman–Crippen MR) is 62.8 cm³/mol. The maximum atomic E-state index is 11.7. The first-order valence-corrected chi connectivity index (χ1v) is 5.36. The number of hydrogen-bond acceptors (Lipinski definition) is 5. The van der Waals surface area contributed by atoms with Gasteiger partial charge in [-0.3, -0.25) is 4.79 Å². The Bertz CT molecular complexity index is 558. The van der Waals surface area contributed by atoms with Crippen molar-refractivity contribution in [2.75, 3.05) is 12.4 Å². The lowest BCUT2D eigenvalue weighted by Gasteiger charge is -2.06. The molecule has 2 heterocycles. The van der Waals surface area contributed by atoms with Crippen LogP contribution in [-0.2, 0) is 13.1 Å². The minimum absolute atomic E-state index is 0.164. The lowest BCUT2D eigenvalue weighted by atomic mass is 10.4. The average Bonchev–Trinajstić information content (AvgIpc) is 2.79. The van der Waals surface area contributed by atoms with Gasteiger partial charge in [0.2, 0.25) is 0 Å². The molecule has 0 aliphatic heterocycles. The number of hydrogen-bond donors (Lipinski definition) is 1. The Kier molecular flexibility index (Phi) is 3.17. The van der Waals surface area contributed by atoms with E-state index in [1.165, 1.54) is 17.1 Å². The lowest BCUT2D eigenvalue weighted by Crippen LogP contribution is -2.24. The molecule has 2 aromatic rings. The van der Waals surface area contributed by atoms with Crippen molar-refractivity contribution in [2.24, 2.45) is 0 Å². The molecule has 0 bridgehead atoms. The van der Waals surface area contributed by atoms with Crippen molar-refractivity contribution in [3.63, 3.8) is 0 Å². The molecule has 90 valence electrons. The van der Waals surface area contributed by atoms with Crippen LogP contribution in [-0.4, -0.2) is 31.6 Å². The molecule has 2 aromatic heterocycles. The van der Waals surface area contributed by atoms with Gasteiger partial charge in [0.25, 0.3) is 5.56 Å². The van der Waals surface area contributed by atoms with Crippen LogP contribution in [0.5, 0.6) is 0 Å². The summed E-state index contributed by atoms with van der Waals surface area (Å²) in [7, 11) is 1.74. The monoisotopic (exact) mass is 234 g/mol. The van der Waals surface area contributed by atoms with Crippen molar-refractivity contribution < 1.29 is 0 Å². The van der Waals surface area contributed by atoms with Crippen LogP contribution in [0.2, 0.25) is 0 Å². The second-order valence-electron chi connectivity index (χ2n) is 3.48. The van der Waals surface area contributed by atoms with Crippen LogP contribution in [0.15, 0.2) is 23.4 Å². The van der Waals surface area contributed by atoms with Crippen molar-refractivity contribution in [3.05, 3.63) is 34.8 Å². The fourth-order valence-corrected chi connectivity index (χ4v) is 1.50. The number of nitrogens with one attached hydrogen (secondary N) is 1. The van der Waals surface area contributed by atoms with E-state index in [-0.39, 0.29) is 5.56 Å². The van der Waals surface area contributed by atoms with Crippen LogP contribution in [0.4, 0.5) is 5.69 Å². The van der Waals surface area contributed by atoms with Gasteiger partial charge >= 0.3 is 0 Å². The highest BCUT2D eigenvalue weighted by Gasteiger charge is 2.06. The molecule has 0 amide bonds. The number of aromatic nitrogens is 5. The third-order valence-electron chi connectivity index (χ3n) is 2.44. The van der Waals surface area contributed by atoms with Crippen LogP contribution in [0.25, 0.3) is 0 Å². The molecule has 0 spiro atoms. The molecule has 7 heteroatoms. The second kappa shape index (κ2) is 4.77.